The van der Waals surface area contributed by atoms with Crippen molar-refractivity contribution >= 4 is 10.1 Å². The molecule has 0 heterocycles. The van der Waals surface area contributed by atoms with Crippen LogP contribution >= 0.6 is 0 Å². The van der Waals surface area contributed by atoms with Crippen LogP contribution in [0.5, 0.6) is 0 Å². The zero-order valence-electron chi connectivity index (χ0n) is 8.23. The topological polar surface area (TPSA) is 83.8 Å². The summed E-state index contributed by atoms with van der Waals surface area (Å²) < 4.78 is 33.1. The molecule has 7 heteroatoms. The summed E-state index contributed by atoms with van der Waals surface area (Å²) >= 11 is 0. The van der Waals surface area contributed by atoms with Gasteiger partial charge in [0.15, 0.2) is 0 Å². The molecule has 0 aromatic rings. The maximum Gasteiger partial charge on any atom is 1.00 e. The Kier molecular flexibility index (Phi) is 9.25. The van der Waals surface area contributed by atoms with E-state index in [9.17, 15) is 8.42 Å². The van der Waals surface area contributed by atoms with Crippen molar-refractivity contribution in [1.82, 2.24) is 0 Å². The van der Waals surface area contributed by atoms with Gasteiger partial charge in [0.1, 0.15) is 0 Å². The van der Waals surface area contributed by atoms with Gasteiger partial charge in [-0.1, -0.05) is 0 Å². The van der Waals surface area contributed by atoms with Crippen LogP contribution in [0.15, 0.2) is 0 Å². The average Bonchev–Trinajstić information content (AvgIpc) is 1.78. The van der Waals surface area contributed by atoms with Crippen LogP contribution in [0, 0.1) is 0 Å². The van der Waals surface area contributed by atoms with Crippen molar-refractivity contribution < 1.29 is 53.8 Å². The molecule has 0 bridgehead atoms. The molecule has 0 aliphatic heterocycles. The molecule has 70 valence electrons. The predicted molar refractivity (Wildman–Crippen MR) is 40.0 cm³/mol. The summed E-state index contributed by atoms with van der Waals surface area (Å²) in [6.07, 6.45) is -0.614. The van der Waals surface area contributed by atoms with E-state index in [0.29, 0.717) is 0 Å². The second-order valence-corrected chi connectivity index (χ2v) is 3.78. The molecule has 0 amide bonds. The van der Waals surface area contributed by atoms with Gasteiger partial charge >= 0.3 is 29.6 Å². The molecule has 0 saturated carbocycles. The fraction of sp³-hybridized carbons (Fsp3) is 1.00. The third kappa shape index (κ3) is 13.4. The molecule has 0 aliphatic rings. The Morgan fingerprint density at radius 3 is 2.42 bits per heavy atom. The van der Waals surface area contributed by atoms with Crippen LogP contribution in [-0.2, 0) is 14.9 Å². The fourth-order valence-corrected chi connectivity index (χ4v) is 0.747. The first-order valence-corrected chi connectivity index (χ1v) is 4.73. The largest absolute Gasteiger partial charge is 1.00 e. The quantitative estimate of drug-likeness (QED) is 0.277. The first-order valence-electron chi connectivity index (χ1n) is 3.13. The van der Waals surface area contributed by atoms with Crippen LogP contribution in [0.1, 0.15) is 8.35 Å². The number of hydrogen-bond donors (Lipinski definition) is 2. The zero-order chi connectivity index (χ0) is 8.91. The molecule has 1 unspecified atom stereocenters. The van der Waals surface area contributed by atoms with E-state index in [1.54, 1.807) is 0 Å². The summed E-state index contributed by atoms with van der Waals surface area (Å²) in [5.74, 6) is -0.431. The molecule has 0 radical (unpaired) electrons. The van der Waals surface area contributed by atoms with E-state index in [1.165, 1.54) is 6.92 Å². The van der Waals surface area contributed by atoms with Gasteiger partial charge in [-0.15, -0.1) is 0 Å². The van der Waals surface area contributed by atoms with E-state index in [1.807, 2.05) is 0 Å². The van der Waals surface area contributed by atoms with Gasteiger partial charge in [0.2, 0.25) is 0 Å². The molecule has 5 nitrogen and oxygen atoms in total. The molecule has 0 aliphatic carbocycles. The second-order valence-electron chi connectivity index (χ2n) is 2.21. The van der Waals surface area contributed by atoms with Gasteiger partial charge in [0.05, 0.1) is 25.1 Å². The van der Waals surface area contributed by atoms with Crippen molar-refractivity contribution in [1.29, 1.82) is 0 Å². The van der Waals surface area contributed by atoms with Crippen molar-refractivity contribution in [2.24, 2.45) is 0 Å². The first kappa shape index (κ1) is 15.3. The summed E-state index contributed by atoms with van der Waals surface area (Å²) in [5.41, 5.74) is 0. The van der Waals surface area contributed by atoms with E-state index in [4.69, 9.17) is 9.66 Å². The fourth-order valence-electron chi connectivity index (χ4n) is 0.418. The molecule has 2 N–H and O–H groups in total. The number of aliphatic hydroxyl groups excluding tert-OH is 1. The van der Waals surface area contributed by atoms with E-state index >= 15 is 0 Å². The van der Waals surface area contributed by atoms with E-state index in [0.717, 1.165) is 0 Å². The van der Waals surface area contributed by atoms with Crippen molar-refractivity contribution in [2.45, 2.75) is 13.0 Å². The smallest absolute Gasteiger partial charge is 1.00 e. The minimum atomic E-state index is -3.93. The SMILES string of the molecule is CC(O)COCCS(=O)(=O)O.[H-].[Na+]. The van der Waals surface area contributed by atoms with Crippen LogP contribution in [0.4, 0.5) is 0 Å². The zero-order valence-corrected chi connectivity index (χ0v) is 10.0. The van der Waals surface area contributed by atoms with E-state index in [2.05, 4.69) is 4.74 Å². The van der Waals surface area contributed by atoms with Gasteiger partial charge in [0.25, 0.3) is 10.1 Å². The molecular weight excluding hydrogens is 195 g/mol. The molecule has 12 heavy (non-hydrogen) atoms. The Morgan fingerprint density at radius 2 is 2.08 bits per heavy atom. The number of hydrogen-bond acceptors (Lipinski definition) is 4. The Morgan fingerprint density at radius 1 is 1.58 bits per heavy atom. The van der Waals surface area contributed by atoms with Crippen LogP contribution in [0.2, 0.25) is 0 Å². The van der Waals surface area contributed by atoms with Crippen LogP contribution in [0.3, 0.4) is 0 Å². The van der Waals surface area contributed by atoms with Crippen molar-refractivity contribution in [3.63, 3.8) is 0 Å². The summed E-state index contributed by atoms with van der Waals surface area (Å²) in [6, 6.07) is 0. The third-order valence-electron chi connectivity index (χ3n) is 0.845. The average molecular weight is 208 g/mol. The van der Waals surface area contributed by atoms with Gasteiger partial charge < -0.3 is 11.3 Å². The summed E-state index contributed by atoms with van der Waals surface area (Å²) in [5, 5.41) is 8.64. The Balaban J connectivity index is -0.000000500. The summed E-state index contributed by atoms with van der Waals surface area (Å²) in [6.45, 7) is 1.51. The normalized spacial score (nSPS) is 13.6. The third-order valence-corrected chi connectivity index (χ3v) is 1.53. The maximum atomic E-state index is 10.1. The molecule has 0 spiro atoms. The van der Waals surface area contributed by atoms with Gasteiger partial charge in [-0.2, -0.15) is 8.42 Å². The Labute approximate surface area is 95.6 Å². The van der Waals surface area contributed by atoms with Crippen molar-refractivity contribution in [3.05, 3.63) is 0 Å². The van der Waals surface area contributed by atoms with Gasteiger partial charge in [-0.3, -0.25) is 4.55 Å². The minimum absolute atomic E-state index is 0. The molecule has 1 atom stereocenters. The van der Waals surface area contributed by atoms with Gasteiger partial charge in [-0.05, 0) is 6.92 Å². The van der Waals surface area contributed by atoms with E-state index < -0.39 is 22.0 Å². The van der Waals surface area contributed by atoms with Crippen LogP contribution in [-0.4, -0.2) is 43.1 Å². The minimum Gasteiger partial charge on any atom is -1.00 e. The molecular formula is C5H13NaO5S. The molecule has 0 fully saturated rings. The molecule has 0 rings (SSSR count). The standard InChI is InChI=1S/C5H12O5S.Na.H/c1-5(6)4-10-2-3-11(7,8)9;;/h5-6H,2-4H2,1H3,(H,7,8,9);;/q;+1;-1. The van der Waals surface area contributed by atoms with E-state index in [-0.39, 0.29) is 44.2 Å². The number of ether oxygens (including phenoxy) is 1. The van der Waals surface area contributed by atoms with Crippen LogP contribution in [0.25, 0.3) is 0 Å². The summed E-state index contributed by atoms with van der Waals surface area (Å²) in [7, 11) is -3.93. The van der Waals surface area contributed by atoms with Gasteiger partial charge in [0, 0.05) is 0 Å². The van der Waals surface area contributed by atoms with Crippen molar-refractivity contribution in [3.8, 4) is 0 Å². The Bertz CT molecular complexity index is 193. The monoisotopic (exact) mass is 208 g/mol. The first-order chi connectivity index (χ1) is 4.92. The van der Waals surface area contributed by atoms with Crippen molar-refractivity contribution in [2.75, 3.05) is 19.0 Å². The predicted octanol–water partition coefficient (Wildman–Crippen LogP) is -3.61. The maximum absolute atomic E-state index is 10.1. The Hall–Kier alpha value is 0.830. The molecule has 0 aromatic heterocycles. The number of aliphatic hydroxyl groups is 1. The van der Waals surface area contributed by atoms with Crippen LogP contribution < -0.4 is 29.6 Å². The summed E-state index contributed by atoms with van der Waals surface area (Å²) in [4.78, 5) is 0. The molecule has 0 aromatic carbocycles. The molecule has 0 saturated heterocycles. The van der Waals surface area contributed by atoms with Gasteiger partial charge in [-0.25, -0.2) is 0 Å². The number of rotatable bonds is 5. The second kappa shape index (κ2) is 7.25.